The number of hydrogen-bond acceptors (Lipinski definition) is 3. The number of aldehydes is 2. The van der Waals surface area contributed by atoms with Crippen LogP contribution in [0, 0.1) is 0 Å². The van der Waals surface area contributed by atoms with E-state index in [1.54, 1.807) is 0 Å². The van der Waals surface area contributed by atoms with Crippen LogP contribution in [-0.2, 0) is 9.59 Å². The minimum absolute atomic E-state index is 0.368. The van der Waals surface area contributed by atoms with Gasteiger partial charge in [0.15, 0.2) is 0 Å². The molecule has 2 N–H and O–H groups in total. The number of carbonyl (C=O) groups excluding carboxylic acids is 2. The Morgan fingerprint density at radius 2 is 1.90 bits per heavy atom. The van der Waals surface area contributed by atoms with Gasteiger partial charge in [-0.3, -0.25) is 0 Å². The van der Waals surface area contributed by atoms with Crippen molar-refractivity contribution in [3.63, 3.8) is 0 Å². The zero-order valence-corrected chi connectivity index (χ0v) is 6.81. The maximum atomic E-state index is 9.76. The molecule has 0 aliphatic carbocycles. The molecule has 0 aromatic heterocycles. The molecule has 5 heteroatoms. The smallest absolute Gasteiger partial charge is 0.137 e. The average Bonchev–Trinajstić information content (AvgIpc) is 2.04. The van der Waals surface area contributed by atoms with E-state index in [4.69, 9.17) is 11.6 Å². The fraction of sp³-hybridized carbons (Fsp3) is 0.600. The van der Waals surface area contributed by atoms with Crippen molar-refractivity contribution >= 4 is 35.9 Å². The van der Waals surface area contributed by atoms with Gasteiger partial charge >= 0.3 is 0 Å². The topological polar surface area (TPSA) is 60.2 Å². The Kier molecular flexibility index (Phi) is 14.6. The number of rotatable bonds is 4. The first-order valence-electron chi connectivity index (χ1n) is 2.56. The van der Waals surface area contributed by atoms with E-state index in [0.717, 1.165) is 6.29 Å². The zero-order chi connectivity index (χ0) is 8.41. The molecule has 0 aromatic rings. The number of nitrogens with two attached hydrogens (primary N) is 1. The van der Waals surface area contributed by atoms with Crippen molar-refractivity contribution in [3.05, 3.63) is 0 Å². The van der Waals surface area contributed by atoms with E-state index in [0.29, 0.717) is 19.1 Å². The van der Waals surface area contributed by atoms with Gasteiger partial charge in [-0.25, -0.2) is 5.25 Å². The van der Waals surface area contributed by atoms with Crippen LogP contribution in [0.1, 0.15) is 12.8 Å². The molecular weight excluding hydrogens is 177 g/mol. The molecule has 0 saturated heterocycles. The van der Waals surface area contributed by atoms with Crippen molar-refractivity contribution in [1.29, 1.82) is 0 Å². The molecule has 0 radical (unpaired) electrons. The lowest BCUT2D eigenvalue weighted by molar-refractivity contribution is -0.108. The molecule has 3 nitrogen and oxygen atoms in total. The third-order valence-electron chi connectivity index (χ3n) is 0.708. The van der Waals surface area contributed by atoms with Crippen LogP contribution in [-0.4, -0.2) is 17.9 Å². The quantitative estimate of drug-likeness (QED) is 0.402. The van der Waals surface area contributed by atoms with E-state index in [2.05, 4.69) is 17.0 Å². The standard InChI is InChI=1S/C5H7ClO2.ClH2N/c6-5(4-8)2-1-3-7;1-2/h3-5H,1-2H2;2H2. The maximum Gasteiger partial charge on any atom is 0.137 e. The molecule has 0 amide bonds. The van der Waals surface area contributed by atoms with Crippen LogP contribution < -0.4 is 5.25 Å². The lowest BCUT2D eigenvalue weighted by Crippen LogP contribution is -1.98. The fourth-order valence-electron chi connectivity index (χ4n) is 0.295. The lowest BCUT2D eigenvalue weighted by atomic mass is 10.3. The second kappa shape index (κ2) is 11.6. The molecule has 0 rings (SSSR count). The summed E-state index contributed by atoms with van der Waals surface area (Å²) in [4.78, 5) is 19.4. The fourth-order valence-corrected chi connectivity index (χ4v) is 0.421. The van der Waals surface area contributed by atoms with Crippen LogP contribution in [0.15, 0.2) is 0 Å². The molecule has 0 aliphatic heterocycles. The van der Waals surface area contributed by atoms with Crippen molar-refractivity contribution < 1.29 is 9.59 Å². The summed E-state index contributed by atoms with van der Waals surface area (Å²) >= 11 is 9.46. The van der Waals surface area contributed by atoms with E-state index >= 15 is 0 Å². The van der Waals surface area contributed by atoms with Crippen molar-refractivity contribution in [2.24, 2.45) is 5.25 Å². The first kappa shape index (κ1) is 12.5. The van der Waals surface area contributed by atoms with Crippen LogP contribution in [0.3, 0.4) is 0 Å². The number of halogens is 2. The highest BCUT2D eigenvalue weighted by atomic mass is 35.5. The summed E-state index contributed by atoms with van der Waals surface area (Å²) in [5, 5.41) is 3.49. The predicted molar refractivity (Wildman–Crippen MR) is 41.0 cm³/mol. The maximum absolute atomic E-state index is 9.76. The summed E-state index contributed by atoms with van der Waals surface area (Å²) < 4.78 is 0. The molecule has 1 atom stereocenters. The minimum atomic E-state index is -0.486. The highest BCUT2D eigenvalue weighted by Gasteiger charge is 1.98. The van der Waals surface area contributed by atoms with Crippen LogP contribution in [0.5, 0.6) is 0 Å². The molecule has 0 saturated carbocycles. The third kappa shape index (κ3) is 10.8. The van der Waals surface area contributed by atoms with E-state index < -0.39 is 5.38 Å². The van der Waals surface area contributed by atoms with Crippen molar-refractivity contribution in [3.8, 4) is 0 Å². The van der Waals surface area contributed by atoms with E-state index in [9.17, 15) is 9.59 Å². The molecule has 0 fully saturated rings. The summed E-state index contributed by atoms with van der Waals surface area (Å²) in [6.07, 6.45) is 2.20. The van der Waals surface area contributed by atoms with E-state index in [-0.39, 0.29) is 0 Å². The average molecular weight is 186 g/mol. The Morgan fingerprint density at radius 3 is 2.20 bits per heavy atom. The Balaban J connectivity index is 0. The Bertz CT molecular complexity index is 89.7. The lowest BCUT2D eigenvalue weighted by Gasteiger charge is -1.91. The van der Waals surface area contributed by atoms with Gasteiger partial charge in [0.25, 0.3) is 0 Å². The summed E-state index contributed by atoms with van der Waals surface area (Å²) in [5.74, 6) is 0. The van der Waals surface area contributed by atoms with Crippen LogP contribution in [0.2, 0.25) is 0 Å². The first-order valence-corrected chi connectivity index (χ1v) is 3.43. The van der Waals surface area contributed by atoms with Gasteiger partial charge in [-0.15, -0.1) is 11.6 Å². The largest absolute Gasteiger partial charge is 0.303 e. The first-order chi connectivity index (χ1) is 4.81. The minimum Gasteiger partial charge on any atom is -0.303 e. The molecular formula is C5H9Cl2NO2. The zero-order valence-electron chi connectivity index (χ0n) is 5.30. The van der Waals surface area contributed by atoms with Gasteiger partial charge in [0.2, 0.25) is 0 Å². The second-order valence-electron chi connectivity index (χ2n) is 1.40. The second-order valence-corrected chi connectivity index (χ2v) is 1.96. The van der Waals surface area contributed by atoms with Crippen molar-refractivity contribution in [2.45, 2.75) is 18.2 Å². The third-order valence-corrected chi connectivity index (χ3v) is 1.03. The summed E-state index contributed by atoms with van der Waals surface area (Å²) in [6.45, 7) is 0. The van der Waals surface area contributed by atoms with Gasteiger partial charge in [0.05, 0.1) is 5.38 Å². The number of carbonyl (C=O) groups is 2. The molecule has 0 bridgehead atoms. The SMILES string of the molecule is NCl.O=CCCC(Cl)C=O. The molecule has 60 valence electrons. The van der Waals surface area contributed by atoms with Crippen molar-refractivity contribution in [2.75, 3.05) is 0 Å². The molecule has 1 unspecified atom stereocenters. The molecule has 0 aromatic carbocycles. The Hall–Kier alpha value is -0.120. The summed E-state index contributed by atoms with van der Waals surface area (Å²) in [5.41, 5.74) is 0. The number of hydrogen-bond donors (Lipinski definition) is 1. The van der Waals surface area contributed by atoms with E-state index in [1.165, 1.54) is 0 Å². The Morgan fingerprint density at radius 1 is 1.40 bits per heavy atom. The van der Waals surface area contributed by atoms with Crippen LogP contribution in [0.4, 0.5) is 0 Å². The van der Waals surface area contributed by atoms with Gasteiger partial charge in [-0.05, 0) is 18.2 Å². The highest BCUT2D eigenvalue weighted by Crippen LogP contribution is 1.98. The van der Waals surface area contributed by atoms with Gasteiger partial charge in [0, 0.05) is 6.42 Å². The predicted octanol–water partition coefficient (Wildman–Crippen LogP) is 0.871. The normalized spacial score (nSPS) is 10.7. The molecule has 0 aliphatic rings. The van der Waals surface area contributed by atoms with Gasteiger partial charge in [-0.1, -0.05) is 0 Å². The summed E-state index contributed by atoms with van der Waals surface area (Å²) in [7, 11) is 0. The molecule has 0 heterocycles. The number of alkyl halides is 1. The molecule has 0 spiro atoms. The van der Waals surface area contributed by atoms with E-state index in [1.807, 2.05) is 0 Å². The van der Waals surface area contributed by atoms with Crippen LogP contribution in [0.25, 0.3) is 0 Å². The Labute approximate surface area is 69.6 Å². The highest BCUT2D eigenvalue weighted by molar-refractivity contribution is 6.27. The van der Waals surface area contributed by atoms with Crippen LogP contribution >= 0.6 is 23.4 Å². The van der Waals surface area contributed by atoms with Gasteiger partial charge in [0.1, 0.15) is 12.6 Å². The van der Waals surface area contributed by atoms with Gasteiger partial charge in [-0.2, -0.15) is 0 Å². The summed E-state index contributed by atoms with van der Waals surface area (Å²) in [6, 6.07) is 0. The van der Waals surface area contributed by atoms with Crippen molar-refractivity contribution in [1.82, 2.24) is 0 Å². The molecule has 10 heavy (non-hydrogen) atoms. The van der Waals surface area contributed by atoms with Gasteiger partial charge < -0.3 is 9.59 Å². The monoisotopic (exact) mass is 185 g/mol.